The second-order valence-corrected chi connectivity index (χ2v) is 6.28. The number of nitrogens with one attached hydrogen (secondary N) is 1. The van der Waals surface area contributed by atoms with Crippen LogP contribution in [0, 0.1) is 12.7 Å². The summed E-state index contributed by atoms with van der Waals surface area (Å²) < 4.78 is 14.4. The van der Waals surface area contributed by atoms with E-state index in [1.165, 1.54) is 6.07 Å². The number of amides is 1. The van der Waals surface area contributed by atoms with Gasteiger partial charge in [0.2, 0.25) is 0 Å². The average Bonchev–Trinajstić information content (AvgIpc) is 2.58. The SMILES string of the molecule is Cc1ccc(NC(=O)c2ccc(N3CCN(C)CC3)c(F)c2)cc1. The van der Waals surface area contributed by atoms with Crippen LogP contribution in [0.25, 0.3) is 0 Å². The van der Waals surface area contributed by atoms with Gasteiger partial charge >= 0.3 is 0 Å². The monoisotopic (exact) mass is 327 g/mol. The van der Waals surface area contributed by atoms with E-state index < -0.39 is 0 Å². The highest BCUT2D eigenvalue weighted by Crippen LogP contribution is 2.22. The molecule has 0 aromatic heterocycles. The Morgan fingerprint density at radius 3 is 2.33 bits per heavy atom. The van der Waals surface area contributed by atoms with E-state index in [9.17, 15) is 9.18 Å². The standard InChI is InChI=1S/C19H22FN3O/c1-14-3-6-16(7-4-14)21-19(24)15-5-8-18(17(20)13-15)23-11-9-22(2)10-12-23/h3-8,13H,9-12H2,1-2H3,(H,21,24). The fourth-order valence-electron chi connectivity index (χ4n) is 2.79. The van der Waals surface area contributed by atoms with Gasteiger partial charge in [-0.1, -0.05) is 17.7 Å². The number of piperazine rings is 1. The Hall–Kier alpha value is -2.40. The number of aryl methyl sites for hydroxylation is 1. The number of hydrogen-bond donors (Lipinski definition) is 1. The highest BCUT2D eigenvalue weighted by Gasteiger charge is 2.18. The number of likely N-dealkylation sites (N-methyl/N-ethyl adjacent to an activating group) is 1. The number of halogens is 1. The predicted molar refractivity (Wildman–Crippen MR) is 95.2 cm³/mol. The van der Waals surface area contributed by atoms with Crippen LogP contribution in [-0.2, 0) is 0 Å². The molecule has 126 valence electrons. The number of rotatable bonds is 3. The first kappa shape index (κ1) is 16.5. The van der Waals surface area contributed by atoms with E-state index in [2.05, 4.69) is 17.3 Å². The molecule has 1 aliphatic rings. The van der Waals surface area contributed by atoms with Crippen LogP contribution in [0.15, 0.2) is 42.5 Å². The van der Waals surface area contributed by atoms with E-state index in [-0.39, 0.29) is 11.7 Å². The summed E-state index contributed by atoms with van der Waals surface area (Å²) in [6.07, 6.45) is 0. The fraction of sp³-hybridized carbons (Fsp3) is 0.316. The Balaban J connectivity index is 1.71. The van der Waals surface area contributed by atoms with E-state index in [1.807, 2.05) is 36.1 Å². The zero-order chi connectivity index (χ0) is 17.1. The highest BCUT2D eigenvalue weighted by molar-refractivity contribution is 6.04. The number of benzene rings is 2. The van der Waals surface area contributed by atoms with Gasteiger partial charge in [-0.15, -0.1) is 0 Å². The molecule has 0 radical (unpaired) electrons. The minimum Gasteiger partial charge on any atom is -0.367 e. The predicted octanol–water partition coefficient (Wildman–Crippen LogP) is 3.14. The van der Waals surface area contributed by atoms with Crippen LogP contribution in [0.4, 0.5) is 15.8 Å². The molecule has 2 aromatic rings. The number of carbonyl (C=O) groups is 1. The first-order chi connectivity index (χ1) is 11.5. The average molecular weight is 327 g/mol. The summed E-state index contributed by atoms with van der Waals surface area (Å²) in [7, 11) is 2.06. The molecule has 2 aromatic carbocycles. The molecule has 3 rings (SSSR count). The van der Waals surface area contributed by atoms with Crippen LogP contribution in [0.3, 0.4) is 0 Å². The Morgan fingerprint density at radius 2 is 1.71 bits per heavy atom. The van der Waals surface area contributed by atoms with E-state index in [0.29, 0.717) is 16.9 Å². The van der Waals surface area contributed by atoms with Crippen LogP contribution in [0.5, 0.6) is 0 Å². The zero-order valence-corrected chi connectivity index (χ0v) is 14.1. The zero-order valence-electron chi connectivity index (χ0n) is 14.1. The third-order valence-electron chi connectivity index (χ3n) is 4.36. The molecule has 0 unspecified atom stereocenters. The molecule has 4 nitrogen and oxygen atoms in total. The molecular formula is C19H22FN3O. The van der Waals surface area contributed by atoms with Crippen LogP contribution in [0.2, 0.25) is 0 Å². The number of anilines is 2. The molecule has 1 saturated heterocycles. The number of carbonyl (C=O) groups excluding carboxylic acids is 1. The van der Waals surface area contributed by atoms with Crippen molar-refractivity contribution in [3.63, 3.8) is 0 Å². The molecular weight excluding hydrogens is 305 g/mol. The van der Waals surface area contributed by atoms with Crippen molar-refractivity contribution < 1.29 is 9.18 Å². The largest absolute Gasteiger partial charge is 0.367 e. The van der Waals surface area contributed by atoms with Gasteiger partial charge in [0, 0.05) is 37.4 Å². The lowest BCUT2D eigenvalue weighted by Crippen LogP contribution is -2.44. The first-order valence-corrected chi connectivity index (χ1v) is 8.14. The van der Waals surface area contributed by atoms with Gasteiger partial charge in [-0.3, -0.25) is 4.79 Å². The van der Waals surface area contributed by atoms with Crippen molar-refractivity contribution in [1.29, 1.82) is 0 Å². The fourth-order valence-corrected chi connectivity index (χ4v) is 2.79. The lowest BCUT2D eigenvalue weighted by Gasteiger charge is -2.34. The molecule has 1 fully saturated rings. The van der Waals surface area contributed by atoms with Crippen molar-refractivity contribution in [2.45, 2.75) is 6.92 Å². The molecule has 24 heavy (non-hydrogen) atoms. The topological polar surface area (TPSA) is 35.6 Å². The summed E-state index contributed by atoms with van der Waals surface area (Å²) in [5, 5.41) is 2.79. The molecule has 0 spiro atoms. The van der Waals surface area contributed by atoms with Gasteiger partial charge in [-0.05, 0) is 44.3 Å². The van der Waals surface area contributed by atoms with Crippen molar-refractivity contribution in [1.82, 2.24) is 4.90 Å². The Kier molecular flexibility index (Phi) is 4.81. The number of nitrogens with zero attached hydrogens (tertiary/aromatic N) is 2. The molecule has 0 saturated carbocycles. The molecule has 0 aliphatic carbocycles. The maximum Gasteiger partial charge on any atom is 0.255 e. The van der Waals surface area contributed by atoms with E-state index >= 15 is 0 Å². The Labute approximate surface area is 141 Å². The summed E-state index contributed by atoms with van der Waals surface area (Å²) in [6.45, 7) is 5.40. The van der Waals surface area contributed by atoms with Crippen molar-refractivity contribution in [3.8, 4) is 0 Å². The minimum absolute atomic E-state index is 0.303. The van der Waals surface area contributed by atoms with Gasteiger partial charge in [0.1, 0.15) is 5.82 Å². The van der Waals surface area contributed by atoms with Crippen molar-refractivity contribution >= 4 is 17.3 Å². The van der Waals surface area contributed by atoms with Crippen LogP contribution in [0.1, 0.15) is 15.9 Å². The molecule has 5 heteroatoms. The quantitative estimate of drug-likeness (QED) is 0.941. The number of hydrogen-bond acceptors (Lipinski definition) is 3. The Bertz CT molecular complexity index is 722. The van der Waals surface area contributed by atoms with Gasteiger partial charge in [0.05, 0.1) is 5.69 Å². The van der Waals surface area contributed by atoms with Crippen molar-refractivity contribution in [2.75, 3.05) is 43.4 Å². The molecule has 1 aliphatic heterocycles. The van der Waals surface area contributed by atoms with Gasteiger partial charge in [-0.2, -0.15) is 0 Å². The molecule has 1 amide bonds. The van der Waals surface area contributed by atoms with E-state index in [0.717, 1.165) is 31.7 Å². The third-order valence-corrected chi connectivity index (χ3v) is 4.36. The summed E-state index contributed by atoms with van der Waals surface area (Å²) in [5.74, 6) is -0.654. The smallest absolute Gasteiger partial charge is 0.255 e. The second kappa shape index (κ2) is 7.01. The highest BCUT2D eigenvalue weighted by atomic mass is 19.1. The van der Waals surface area contributed by atoms with Crippen molar-refractivity contribution in [3.05, 3.63) is 59.4 Å². The lowest BCUT2D eigenvalue weighted by atomic mass is 10.1. The molecule has 1 N–H and O–H groups in total. The van der Waals surface area contributed by atoms with Crippen LogP contribution < -0.4 is 10.2 Å². The minimum atomic E-state index is -0.351. The van der Waals surface area contributed by atoms with Gasteiger partial charge in [-0.25, -0.2) is 4.39 Å². The van der Waals surface area contributed by atoms with E-state index in [4.69, 9.17) is 0 Å². The molecule has 0 bridgehead atoms. The third kappa shape index (κ3) is 3.74. The molecule has 1 heterocycles. The first-order valence-electron chi connectivity index (χ1n) is 8.14. The maximum atomic E-state index is 14.4. The summed E-state index contributed by atoms with van der Waals surface area (Å²) in [5.41, 5.74) is 2.71. The van der Waals surface area contributed by atoms with Crippen LogP contribution >= 0.6 is 0 Å². The van der Waals surface area contributed by atoms with Gasteiger partial charge in [0.15, 0.2) is 0 Å². The summed E-state index contributed by atoms with van der Waals surface area (Å²) >= 11 is 0. The van der Waals surface area contributed by atoms with Gasteiger partial charge in [0.25, 0.3) is 5.91 Å². The summed E-state index contributed by atoms with van der Waals surface area (Å²) in [6, 6.07) is 12.2. The molecule has 0 atom stereocenters. The summed E-state index contributed by atoms with van der Waals surface area (Å²) in [4.78, 5) is 16.5. The van der Waals surface area contributed by atoms with Crippen LogP contribution in [-0.4, -0.2) is 44.0 Å². The van der Waals surface area contributed by atoms with Gasteiger partial charge < -0.3 is 15.1 Å². The maximum absolute atomic E-state index is 14.4. The normalized spacial score (nSPS) is 15.4. The van der Waals surface area contributed by atoms with Crippen molar-refractivity contribution in [2.24, 2.45) is 0 Å². The van der Waals surface area contributed by atoms with E-state index in [1.54, 1.807) is 12.1 Å². The lowest BCUT2D eigenvalue weighted by molar-refractivity contribution is 0.102. The second-order valence-electron chi connectivity index (χ2n) is 6.28. The Morgan fingerprint density at radius 1 is 1.04 bits per heavy atom.